The van der Waals surface area contributed by atoms with Crippen molar-refractivity contribution in [2.75, 3.05) is 44.2 Å². The van der Waals surface area contributed by atoms with Gasteiger partial charge in [-0.1, -0.05) is 6.92 Å². The molecule has 0 bridgehead atoms. The molecule has 0 saturated carbocycles. The third kappa shape index (κ3) is 2.92. The number of nitrogens with one attached hydrogen (secondary N) is 1. The molecule has 0 aromatic carbocycles. The molecule has 2 fully saturated rings. The predicted octanol–water partition coefficient (Wildman–Crippen LogP) is -0.428. The van der Waals surface area contributed by atoms with Gasteiger partial charge < -0.3 is 10.2 Å². The molecule has 2 atom stereocenters. The van der Waals surface area contributed by atoms with Crippen LogP contribution < -0.4 is 5.32 Å². The van der Waals surface area contributed by atoms with Gasteiger partial charge in [-0.05, 0) is 24.9 Å². The van der Waals surface area contributed by atoms with Crippen LogP contribution in [0.5, 0.6) is 0 Å². The molecule has 2 heterocycles. The van der Waals surface area contributed by atoms with Crippen molar-refractivity contribution < 1.29 is 8.42 Å². The highest BCUT2D eigenvalue weighted by Gasteiger charge is 2.28. The molecule has 88 valence electrons. The second-order valence-electron chi connectivity index (χ2n) is 4.85. The summed E-state index contributed by atoms with van der Waals surface area (Å²) in [5.41, 5.74) is 0. The minimum atomic E-state index is -2.72. The maximum Gasteiger partial charge on any atom is 0.152 e. The summed E-state index contributed by atoms with van der Waals surface area (Å²) >= 11 is 0. The van der Waals surface area contributed by atoms with Crippen LogP contribution in [-0.4, -0.2) is 57.5 Å². The Bertz CT molecular complexity index is 301. The largest absolute Gasteiger partial charge is 0.316 e. The number of rotatable bonds is 2. The van der Waals surface area contributed by atoms with E-state index < -0.39 is 9.84 Å². The first-order valence-electron chi connectivity index (χ1n) is 5.70. The van der Waals surface area contributed by atoms with E-state index in [0.717, 1.165) is 38.6 Å². The smallest absolute Gasteiger partial charge is 0.152 e. The van der Waals surface area contributed by atoms with E-state index in [4.69, 9.17) is 0 Å². The number of sulfone groups is 1. The van der Waals surface area contributed by atoms with Gasteiger partial charge in [0.05, 0.1) is 11.5 Å². The minimum Gasteiger partial charge on any atom is -0.316 e. The molecule has 0 aromatic rings. The lowest BCUT2D eigenvalue weighted by atomic mass is 9.97. The molecular weight excluding hydrogens is 212 g/mol. The molecule has 15 heavy (non-hydrogen) atoms. The summed E-state index contributed by atoms with van der Waals surface area (Å²) in [4.78, 5) is 2.30. The lowest BCUT2D eigenvalue weighted by Gasteiger charge is -2.29. The third-order valence-corrected chi connectivity index (χ3v) is 5.22. The fourth-order valence-electron chi connectivity index (χ4n) is 2.37. The van der Waals surface area contributed by atoms with Gasteiger partial charge in [0.15, 0.2) is 9.84 Å². The third-order valence-electron chi connectivity index (χ3n) is 3.61. The lowest BCUT2D eigenvalue weighted by Crippen LogP contribution is -2.43. The van der Waals surface area contributed by atoms with Gasteiger partial charge in [-0.3, -0.25) is 0 Å². The van der Waals surface area contributed by atoms with Crippen molar-refractivity contribution >= 4 is 9.84 Å². The van der Waals surface area contributed by atoms with Crippen molar-refractivity contribution in [3.05, 3.63) is 0 Å². The van der Waals surface area contributed by atoms with Crippen molar-refractivity contribution in [1.29, 1.82) is 0 Å². The van der Waals surface area contributed by atoms with Crippen LogP contribution in [0.25, 0.3) is 0 Å². The summed E-state index contributed by atoms with van der Waals surface area (Å²) in [5.74, 6) is 2.12. The average Bonchev–Trinajstić information content (AvgIpc) is 2.56. The van der Waals surface area contributed by atoms with E-state index in [1.165, 1.54) is 0 Å². The van der Waals surface area contributed by atoms with Crippen LogP contribution in [0.4, 0.5) is 0 Å². The molecule has 0 spiro atoms. The molecule has 0 aliphatic carbocycles. The second-order valence-corrected chi connectivity index (χ2v) is 7.15. The van der Waals surface area contributed by atoms with Crippen molar-refractivity contribution in [2.45, 2.75) is 6.92 Å². The van der Waals surface area contributed by atoms with E-state index in [2.05, 4.69) is 17.1 Å². The molecule has 0 amide bonds. The number of hydrogen-bond donors (Lipinski definition) is 1. The minimum absolute atomic E-state index is 0.349. The van der Waals surface area contributed by atoms with Gasteiger partial charge in [0.25, 0.3) is 0 Å². The van der Waals surface area contributed by atoms with Gasteiger partial charge >= 0.3 is 0 Å². The molecule has 2 saturated heterocycles. The Kier molecular flexibility index (Phi) is 3.33. The average molecular weight is 232 g/mol. The monoisotopic (exact) mass is 232 g/mol. The Hall–Kier alpha value is -0.130. The molecule has 2 unspecified atom stereocenters. The van der Waals surface area contributed by atoms with Gasteiger partial charge in [0, 0.05) is 19.6 Å². The first-order chi connectivity index (χ1) is 7.07. The van der Waals surface area contributed by atoms with E-state index in [1.54, 1.807) is 0 Å². The van der Waals surface area contributed by atoms with E-state index in [9.17, 15) is 8.42 Å². The van der Waals surface area contributed by atoms with Crippen LogP contribution >= 0.6 is 0 Å². The quantitative estimate of drug-likeness (QED) is 0.702. The zero-order valence-electron chi connectivity index (χ0n) is 9.28. The van der Waals surface area contributed by atoms with Crippen LogP contribution in [0.2, 0.25) is 0 Å². The fourth-order valence-corrected chi connectivity index (χ4v) is 3.65. The highest BCUT2D eigenvalue weighted by Crippen LogP contribution is 2.18. The second kappa shape index (κ2) is 4.39. The topological polar surface area (TPSA) is 49.4 Å². The van der Waals surface area contributed by atoms with Crippen LogP contribution in [-0.2, 0) is 9.84 Å². The number of hydrogen-bond acceptors (Lipinski definition) is 4. The zero-order chi connectivity index (χ0) is 10.9. The highest BCUT2D eigenvalue weighted by atomic mass is 32.2. The fraction of sp³-hybridized carbons (Fsp3) is 1.00. The van der Waals surface area contributed by atoms with Gasteiger partial charge in [0.1, 0.15) is 0 Å². The van der Waals surface area contributed by atoms with Crippen molar-refractivity contribution in [1.82, 2.24) is 10.2 Å². The normalized spacial score (nSPS) is 36.9. The van der Waals surface area contributed by atoms with Gasteiger partial charge in [-0.25, -0.2) is 8.42 Å². The molecule has 0 radical (unpaired) electrons. The van der Waals surface area contributed by atoms with E-state index >= 15 is 0 Å². The van der Waals surface area contributed by atoms with E-state index in [1.807, 2.05) is 0 Å². The van der Waals surface area contributed by atoms with Gasteiger partial charge in [-0.15, -0.1) is 0 Å². The Morgan fingerprint density at radius 1 is 1.27 bits per heavy atom. The lowest BCUT2D eigenvalue weighted by molar-refractivity contribution is 0.233. The summed E-state index contributed by atoms with van der Waals surface area (Å²) in [6, 6.07) is 0. The summed E-state index contributed by atoms with van der Waals surface area (Å²) in [6.45, 7) is 6.98. The molecule has 2 aliphatic heterocycles. The first kappa shape index (κ1) is 11.4. The SMILES string of the molecule is CC1CNCC1CN1CCS(=O)(=O)CC1. The maximum absolute atomic E-state index is 11.3. The van der Waals surface area contributed by atoms with Crippen molar-refractivity contribution in [2.24, 2.45) is 11.8 Å². The molecule has 0 aromatic heterocycles. The van der Waals surface area contributed by atoms with Gasteiger partial charge in [-0.2, -0.15) is 0 Å². The van der Waals surface area contributed by atoms with Crippen LogP contribution in [0.1, 0.15) is 6.92 Å². The molecular formula is C10H20N2O2S. The Morgan fingerprint density at radius 2 is 1.93 bits per heavy atom. The zero-order valence-corrected chi connectivity index (χ0v) is 10.1. The summed E-state index contributed by atoms with van der Waals surface area (Å²) in [5, 5.41) is 3.38. The first-order valence-corrected chi connectivity index (χ1v) is 7.52. The van der Waals surface area contributed by atoms with Crippen LogP contribution in [0.3, 0.4) is 0 Å². The van der Waals surface area contributed by atoms with E-state index in [0.29, 0.717) is 17.4 Å². The summed E-state index contributed by atoms with van der Waals surface area (Å²) < 4.78 is 22.5. The molecule has 1 N–H and O–H groups in total. The summed E-state index contributed by atoms with van der Waals surface area (Å²) in [7, 11) is -2.72. The highest BCUT2D eigenvalue weighted by molar-refractivity contribution is 7.91. The molecule has 5 heteroatoms. The van der Waals surface area contributed by atoms with Crippen LogP contribution in [0.15, 0.2) is 0 Å². The predicted molar refractivity (Wildman–Crippen MR) is 60.6 cm³/mol. The number of nitrogens with zero attached hydrogens (tertiary/aromatic N) is 1. The molecule has 4 nitrogen and oxygen atoms in total. The van der Waals surface area contributed by atoms with Crippen molar-refractivity contribution in [3.63, 3.8) is 0 Å². The molecule has 2 rings (SSSR count). The maximum atomic E-state index is 11.3. The Labute approximate surface area is 91.9 Å². The van der Waals surface area contributed by atoms with Crippen molar-refractivity contribution in [3.8, 4) is 0 Å². The Balaban J connectivity index is 1.81. The van der Waals surface area contributed by atoms with E-state index in [-0.39, 0.29) is 0 Å². The summed E-state index contributed by atoms with van der Waals surface area (Å²) in [6.07, 6.45) is 0. The standard InChI is InChI=1S/C10H20N2O2S/c1-9-6-11-7-10(9)8-12-2-4-15(13,14)5-3-12/h9-11H,2-8H2,1H3. The molecule has 2 aliphatic rings. The van der Waals surface area contributed by atoms with Crippen LogP contribution in [0, 0.1) is 11.8 Å². The van der Waals surface area contributed by atoms with Gasteiger partial charge in [0.2, 0.25) is 0 Å². The Morgan fingerprint density at radius 3 is 2.47 bits per heavy atom.